The maximum atomic E-state index is 12.2. The molecule has 0 aliphatic rings. The highest BCUT2D eigenvalue weighted by molar-refractivity contribution is 5.83. The Morgan fingerprint density at radius 1 is 0.966 bits per heavy atom. The number of ether oxygens (including phenoxy) is 1. The lowest BCUT2D eigenvalue weighted by atomic mass is 9.93. The van der Waals surface area contributed by atoms with Crippen molar-refractivity contribution in [2.24, 2.45) is 0 Å². The van der Waals surface area contributed by atoms with E-state index in [4.69, 9.17) is 4.74 Å². The lowest BCUT2D eigenvalue weighted by molar-refractivity contribution is -0.129. The van der Waals surface area contributed by atoms with Gasteiger partial charge in [-0.1, -0.05) is 88.8 Å². The first-order valence-corrected chi connectivity index (χ1v) is 11.0. The molecule has 1 heterocycles. The molecule has 0 fully saturated rings. The highest BCUT2D eigenvalue weighted by atomic mass is 16.5. The summed E-state index contributed by atoms with van der Waals surface area (Å²) in [6, 6.07) is 10.4. The fourth-order valence-electron chi connectivity index (χ4n) is 3.27. The van der Waals surface area contributed by atoms with Gasteiger partial charge in [0.2, 0.25) is 0 Å². The average molecular weight is 395 g/mol. The van der Waals surface area contributed by atoms with Gasteiger partial charge in [0.15, 0.2) is 0 Å². The van der Waals surface area contributed by atoms with Gasteiger partial charge < -0.3 is 4.74 Å². The Bertz CT molecular complexity index is 726. The summed E-state index contributed by atoms with van der Waals surface area (Å²) in [5.74, 6) is -0.227. The van der Waals surface area contributed by atoms with Crippen LogP contribution in [0.15, 0.2) is 54.9 Å². The van der Waals surface area contributed by atoms with Crippen molar-refractivity contribution in [1.29, 1.82) is 0 Å². The quantitative estimate of drug-likeness (QED) is 0.223. The molecule has 1 aromatic carbocycles. The van der Waals surface area contributed by atoms with E-state index in [9.17, 15) is 4.79 Å². The van der Waals surface area contributed by atoms with E-state index in [0.29, 0.717) is 0 Å². The molecule has 0 saturated carbocycles. The van der Waals surface area contributed by atoms with Crippen LogP contribution in [0.5, 0.6) is 6.01 Å². The minimum atomic E-state index is -0.435. The molecule has 0 bridgehead atoms. The molecule has 1 aromatic heterocycles. The summed E-state index contributed by atoms with van der Waals surface area (Å²) in [6.45, 7) is 4.39. The van der Waals surface area contributed by atoms with Crippen molar-refractivity contribution in [3.05, 3.63) is 66.0 Å². The molecule has 2 aromatic rings. The van der Waals surface area contributed by atoms with Crippen LogP contribution in [0.3, 0.4) is 0 Å². The van der Waals surface area contributed by atoms with E-state index in [1.165, 1.54) is 37.3 Å². The molecule has 1 unspecified atom stereocenters. The van der Waals surface area contributed by atoms with E-state index in [0.717, 1.165) is 37.7 Å². The van der Waals surface area contributed by atoms with E-state index in [1.807, 2.05) is 24.3 Å². The predicted octanol–water partition coefficient (Wildman–Crippen LogP) is 6.43. The van der Waals surface area contributed by atoms with Gasteiger partial charge in [-0.15, -0.1) is 0 Å². The van der Waals surface area contributed by atoms with Crippen molar-refractivity contribution >= 4 is 5.97 Å². The van der Waals surface area contributed by atoms with Crippen molar-refractivity contribution in [2.45, 2.75) is 77.6 Å². The monoisotopic (exact) mass is 394 g/mol. The van der Waals surface area contributed by atoms with Crippen LogP contribution in [0.4, 0.5) is 0 Å². The first-order valence-electron chi connectivity index (χ1n) is 11.0. The normalized spacial score (nSPS) is 12.2. The zero-order valence-electron chi connectivity index (χ0n) is 17.8. The third-order valence-corrected chi connectivity index (χ3v) is 5.00. The second kappa shape index (κ2) is 13.6. The van der Waals surface area contributed by atoms with Gasteiger partial charge in [-0.25, -0.2) is 14.8 Å². The fourth-order valence-corrected chi connectivity index (χ4v) is 3.27. The summed E-state index contributed by atoms with van der Waals surface area (Å²) >= 11 is 0. The lowest BCUT2D eigenvalue weighted by Gasteiger charge is -2.12. The molecule has 0 spiro atoms. The molecule has 156 valence electrons. The molecule has 0 radical (unpaired) electrons. The Morgan fingerprint density at radius 2 is 1.66 bits per heavy atom. The first kappa shape index (κ1) is 22.8. The van der Waals surface area contributed by atoms with Gasteiger partial charge in [-0.3, -0.25) is 0 Å². The summed E-state index contributed by atoms with van der Waals surface area (Å²) in [5, 5.41) is 0. The summed E-state index contributed by atoms with van der Waals surface area (Å²) in [5.41, 5.74) is 2.30. The molecule has 1 atom stereocenters. The van der Waals surface area contributed by atoms with Gasteiger partial charge in [0.1, 0.15) is 0 Å². The van der Waals surface area contributed by atoms with E-state index >= 15 is 0 Å². The number of unbranched alkanes of at least 4 members (excludes halogenated alkanes) is 5. The molecule has 0 N–H and O–H groups in total. The van der Waals surface area contributed by atoms with Crippen molar-refractivity contribution in [2.75, 3.05) is 0 Å². The second-order valence-electron chi connectivity index (χ2n) is 7.48. The Morgan fingerprint density at radius 3 is 2.34 bits per heavy atom. The maximum Gasteiger partial charge on any atom is 0.338 e. The van der Waals surface area contributed by atoms with Gasteiger partial charge in [0.25, 0.3) is 0 Å². The van der Waals surface area contributed by atoms with Crippen molar-refractivity contribution in [3.8, 4) is 6.01 Å². The van der Waals surface area contributed by atoms with E-state index in [1.54, 1.807) is 12.4 Å². The molecule has 2 rings (SSSR count). The number of carbonyl (C=O) groups excluding carboxylic acids is 1. The van der Waals surface area contributed by atoms with Crippen molar-refractivity contribution < 1.29 is 9.53 Å². The van der Waals surface area contributed by atoms with E-state index in [-0.39, 0.29) is 11.9 Å². The van der Waals surface area contributed by atoms with Crippen molar-refractivity contribution in [1.82, 2.24) is 9.97 Å². The van der Waals surface area contributed by atoms with Crippen LogP contribution >= 0.6 is 0 Å². The number of carbonyl (C=O) groups is 1. The Hall–Kier alpha value is -2.49. The number of aromatic nitrogens is 2. The van der Waals surface area contributed by atoms with Crippen LogP contribution < -0.4 is 4.74 Å². The predicted molar refractivity (Wildman–Crippen MR) is 118 cm³/mol. The molecule has 0 saturated heterocycles. The topological polar surface area (TPSA) is 52.1 Å². The molecule has 4 heteroatoms. The first-order chi connectivity index (χ1) is 14.2. The van der Waals surface area contributed by atoms with Crippen LogP contribution in [-0.2, 0) is 11.2 Å². The third kappa shape index (κ3) is 9.03. The largest absolute Gasteiger partial charge is 0.388 e. The lowest BCUT2D eigenvalue weighted by Crippen LogP contribution is -2.08. The van der Waals surface area contributed by atoms with Crippen LogP contribution in [0, 0.1) is 0 Å². The molecular weight excluding hydrogens is 360 g/mol. The molecular formula is C25H34N2O2. The number of nitrogens with zero attached hydrogens (tertiary/aromatic N) is 2. The number of benzene rings is 1. The van der Waals surface area contributed by atoms with Crippen LogP contribution in [0.2, 0.25) is 0 Å². The SMILES string of the molecule is CCCCCCCc1cnc(OC(=O)C=CC(CCCC)c2ccccc2)nc1. The van der Waals surface area contributed by atoms with Crippen LogP contribution in [-0.4, -0.2) is 15.9 Å². The molecule has 0 amide bonds. The number of allylic oxidation sites excluding steroid dienone is 1. The summed E-state index contributed by atoms with van der Waals surface area (Å²) in [7, 11) is 0. The number of rotatable bonds is 13. The zero-order valence-corrected chi connectivity index (χ0v) is 17.8. The van der Waals surface area contributed by atoms with Crippen LogP contribution in [0.25, 0.3) is 0 Å². The number of aryl methyl sites for hydroxylation is 1. The highest BCUT2D eigenvalue weighted by Crippen LogP contribution is 2.23. The Labute approximate surface area is 175 Å². The summed E-state index contributed by atoms with van der Waals surface area (Å²) < 4.78 is 5.27. The maximum absolute atomic E-state index is 12.2. The zero-order chi connectivity index (χ0) is 20.7. The van der Waals surface area contributed by atoms with Gasteiger partial charge >= 0.3 is 12.0 Å². The Kier molecular flexibility index (Phi) is 10.7. The standard InChI is InChI=1S/C25H34N2O2/c1-3-5-7-8-10-13-21-19-26-25(27-20-21)29-24(28)18-17-23(14-6-4-2)22-15-11-9-12-16-22/h9,11-12,15-20,23H,3-8,10,13-14H2,1-2H3. The number of hydrogen-bond acceptors (Lipinski definition) is 4. The van der Waals surface area contributed by atoms with Gasteiger partial charge in [0.05, 0.1) is 0 Å². The van der Waals surface area contributed by atoms with E-state index < -0.39 is 5.97 Å². The Balaban J connectivity index is 1.85. The molecule has 0 aliphatic carbocycles. The van der Waals surface area contributed by atoms with Crippen LogP contribution in [0.1, 0.15) is 82.3 Å². The fraction of sp³-hybridized carbons (Fsp3) is 0.480. The number of hydrogen-bond donors (Lipinski definition) is 0. The van der Waals surface area contributed by atoms with Crippen molar-refractivity contribution in [3.63, 3.8) is 0 Å². The highest BCUT2D eigenvalue weighted by Gasteiger charge is 2.09. The van der Waals surface area contributed by atoms with Gasteiger partial charge in [-0.05, 0) is 30.4 Å². The van der Waals surface area contributed by atoms with Gasteiger partial charge in [-0.2, -0.15) is 0 Å². The van der Waals surface area contributed by atoms with Gasteiger partial charge in [0, 0.05) is 24.4 Å². The summed E-state index contributed by atoms with van der Waals surface area (Å²) in [6.07, 6.45) is 17.4. The molecule has 0 aliphatic heterocycles. The average Bonchev–Trinajstić information content (AvgIpc) is 2.75. The number of esters is 1. The molecule has 29 heavy (non-hydrogen) atoms. The third-order valence-electron chi connectivity index (χ3n) is 5.00. The minimum absolute atomic E-state index is 0.110. The minimum Gasteiger partial charge on any atom is -0.388 e. The summed E-state index contributed by atoms with van der Waals surface area (Å²) in [4.78, 5) is 20.6. The van der Waals surface area contributed by atoms with E-state index in [2.05, 4.69) is 35.9 Å². The smallest absolute Gasteiger partial charge is 0.338 e. The molecule has 4 nitrogen and oxygen atoms in total. The second-order valence-corrected chi connectivity index (χ2v) is 7.48.